The fraction of sp³-hybridized carbons (Fsp3) is 0.474. The minimum atomic E-state index is -4.51. The highest BCUT2D eigenvalue weighted by Gasteiger charge is 2.24. The molecule has 0 bridgehead atoms. The molecule has 0 unspecified atom stereocenters. The fourth-order valence-corrected chi connectivity index (χ4v) is 4.98. The van der Waals surface area contributed by atoms with Crippen molar-refractivity contribution in [2.75, 3.05) is 53.6 Å². The second-order valence-corrected chi connectivity index (χ2v) is 9.28. The number of nitrogens with zero attached hydrogens (tertiary/aromatic N) is 4. The van der Waals surface area contributed by atoms with Gasteiger partial charge in [0.1, 0.15) is 11.6 Å². The highest BCUT2D eigenvalue weighted by Crippen LogP contribution is 2.36. The summed E-state index contributed by atoms with van der Waals surface area (Å²) >= 11 is 1.82. The quantitative estimate of drug-likeness (QED) is 0.609. The number of hydrogen-bond acceptors (Lipinski definition) is 9. The van der Waals surface area contributed by atoms with Crippen molar-refractivity contribution < 1.29 is 17.2 Å². The van der Waals surface area contributed by atoms with Gasteiger partial charge in [0, 0.05) is 50.6 Å². The van der Waals surface area contributed by atoms with Crippen LogP contribution in [0.4, 0.5) is 17.5 Å². The summed E-state index contributed by atoms with van der Waals surface area (Å²) in [7, 11) is -4.51. The van der Waals surface area contributed by atoms with Gasteiger partial charge in [-0.3, -0.25) is 4.55 Å². The lowest BCUT2D eigenvalue weighted by Crippen LogP contribution is -2.47. The van der Waals surface area contributed by atoms with Gasteiger partial charge in [-0.2, -0.15) is 13.4 Å². The molecule has 0 atom stereocenters. The predicted octanol–water partition coefficient (Wildman–Crippen LogP) is 2.45. The molecule has 2 aliphatic rings. The van der Waals surface area contributed by atoms with Crippen LogP contribution < -0.4 is 19.3 Å². The molecular weight excluding hydrogens is 426 g/mol. The van der Waals surface area contributed by atoms with Crippen LogP contribution in [0.25, 0.3) is 0 Å². The second-order valence-electron chi connectivity index (χ2n) is 7.15. The molecule has 4 rings (SSSR count). The number of fused-ring (bicyclic) bond motifs is 1. The van der Waals surface area contributed by atoms with Crippen molar-refractivity contribution in [1.82, 2.24) is 9.97 Å². The van der Waals surface area contributed by atoms with Crippen molar-refractivity contribution in [2.45, 2.75) is 24.7 Å². The molecule has 1 aromatic carbocycles. The van der Waals surface area contributed by atoms with E-state index in [0.29, 0.717) is 0 Å². The number of aryl methyl sites for hydroxylation is 1. The predicted molar refractivity (Wildman–Crippen MR) is 118 cm³/mol. The molecule has 9 nitrogen and oxygen atoms in total. The van der Waals surface area contributed by atoms with Crippen LogP contribution in [0.2, 0.25) is 0 Å². The number of anilines is 3. The molecule has 3 heterocycles. The molecule has 1 fully saturated rings. The smallest absolute Gasteiger partial charge is 0.369 e. The number of piperazine rings is 1. The average molecular weight is 452 g/mol. The topological polar surface area (TPSA) is 108 Å². The first kappa shape index (κ1) is 21.0. The van der Waals surface area contributed by atoms with Crippen LogP contribution in [-0.4, -0.2) is 61.4 Å². The van der Waals surface area contributed by atoms with Gasteiger partial charge in [-0.15, -0.1) is 11.8 Å². The van der Waals surface area contributed by atoms with Gasteiger partial charge in [0.15, 0.2) is 0 Å². The molecule has 2 N–H and O–H groups in total. The number of hydrogen-bond donors (Lipinski definition) is 2. The summed E-state index contributed by atoms with van der Waals surface area (Å²) in [5.41, 5.74) is 2.11. The summed E-state index contributed by atoms with van der Waals surface area (Å²) in [6.07, 6.45) is 2.03. The van der Waals surface area contributed by atoms with Crippen LogP contribution in [0.5, 0.6) is 5.75 Å². The van der Waals surface area contributed by atoms with Crippen LogP contribution in [-0.2, 0) is 16.8 Å². The third kappa shape index (κ3) is 4.90. The van der Waals surface area contributed by atoms with Crippen LogP contribution in [0.15, 0.2) is 29.2 Å². The van der Waals surface area contributed by atoms with E-state index in [-0.39, 0.29) is 5.75 Å². The SMILES string of the molecule is CCCNc1nc(N2CCN(c3ccc(OS(=O)(=O)O)cc3)CC2)nc2c1SCC2. The molecule has 0 saturated carbocycles. The summed E-state index contributed by atoms with van der Waals surface area (Å²) in [6, 6.07) is 6.63. The molecule has 11 heteroatoms. The van der Waals surface area contributed by atoms with Crippen molar-refractivity contribution in [3.8, 4) is 5.75 Å². The standard InChI is InChI=1S/C19H25N5O4S2/c1-2-8-20-18-17-16(7-13-29-17)21-19(22-18)24-11-9-23(10-12-24)14-3-5-15(6-4-14)28-30(25,26)27/h3-6H,2,7-13H2,1H3,(H,20,21,22)(H,25,26,27). The van der Waals surface area contributed by atoms with Crippen LogP contribution in [0.3, 0.4) is 0 Å². The molecule has 1 aromatic heterocycles. The molecule has 0 amide bonds. The third-order valence-electron chi connectivity index (χ3n) is 5.02. The monoisotopic (exact) mass is 451 g/mol. The van der Waals surface area contributed by atoms with Crippen LogP contribution >= 0.6 is 11.8 Å². The van der Waals surface area contributed by atoms with E-state index in [1.165, 1.54) is 17.0 Å². The third-order valence-corrected chi connectivity index (χ3v) is 6.55. The Bertz CT molecular complexity index is 993. The Labute approximate surface area is 180 Å². The fourth-order valence-electron chi connectivity index (χ4n) is 3.56. The summed E-state index contributed by atoms with van der Waals surface area (Å²) < 4.78 is 34.9. The zero-order valence-corrected chi connectivity index (χ0v) is 18.4. The Morgan fingerprint density at radius 1 is 1.13 bits per heavy atom. The Morgan fingerprint density at radius 2 is 1.83 bits per heavy atom. The Balaban J connectivity index is 1.42. The maximum atomic E-state index is 10.8. The largest absolute Gasteiger partial charge is 0.446 e. The Morgan fingerprint density at radius 3 is 2.50 bits per heavy atom. The summed E-state index contributed by atoms with van der Waals surface area (Å²) in [5.74, 6) is 2.87. The number of benzene rings is 1. The molecule has 0 spiro atoms. The lowest BCUT2D eigenvalue weighted by molar-refractivity contribution is 0.387. The van der Waals surface area contributed by atoms with Crippen molar-refractivity contribution in [2.24, 2.45) is 0 Å². The van der Waals surface area contributed by atoms with Crippen molar-refractivity contribution in [3.63, 3.8) is 0 Å². The number of nitrogens with one attached hydrogen (secondary N) is 1. The lowest BCUT2D eigenvalue weighted by Gasteiger charge is -2.36. The van der Waals surface area contributed by atoms with E-state index in [4.69, 9.17) is 14.5 Å². The van der Waals surface area contributed by atoms with Gasteiger partial charge in [0.25, 0.3) is 0 Å². The number of thioether (sulfide) groups is 1. The van der Waals surface area contributed by atoms with E-state index >= 15 is 0 Å². The summed E-state index contributed by atoms with van der Waals surface area (Å²) in [4.78, 5) is 15.3. The van der Waals surface area contributed by atoms with Crippen LogP contribution in [0.1, 0.15) is 19.0 Å². The molecule has 30 heavy (non-hydrogen) atoms. The molecular formula is C19H25N5O4S2. The van der Waals surface area contributed by atoms with E-state index in [9.17, 15) is 8.42 Å². The zero-order valence-electron chi connectivity index (χ0n) is 16.7. The molecule has 1 saturated heterocycles. The van der Waals surface area contributed by atoms with Gasteiger partial charge >= 0.3 is 10.4 Å². The van der Waals surface area contributed by atoms with Crippen molar-refractivity contribution in [1.29, 1.82) is 0 Å². The van der Waals surface area contributed by atoms with Gasteiger partial charge in [-0.1, -0.05) is 6.92 Å². The van der Waals surface area contributed by atoms with Gasteiger partial charge < -0.3 is 19.3 Å². The first-order chi connectivity index (χ1) is 14.4. The molecule has 0 aliphatic carbocycles. The zero-order chi connectivity index (χ0) is 21.1. The minimum Gasteiger partial charge on any atom is -0.369 e. The molecule has 0 radical (unpaired) electrons. The van der Waals surface area contributed by atoms with Gasteiger partial charge in [0.2, 0.25) is 5.95 Å². The van der Waals surface area contributed by atoms with E-state index in [0.717, 1.165) is 74.5 Å². The molecule has 2 aliphatic heterocycles. The molecule has 162 valence electrons. The first-order valence-corrected chi connectivity index (χ1v) is 12.3. The van der Waals surface area contributed by atoms with Crippen molar-refractivity contribution in [3.05, 3.63) is 30.0 Å². The average Bonchev–Trinajstić information content (AvgIpc) is 3.20. The van der Waals surface area contributed by atoms with E-state index in [2.05, 4.69) is 26.2 Å². The van der Waals surface area contributed by atoms with E-state index < -0.39 is 10.4 Å². The minimum absolute atomic E-state index is 0.0800. The number of rotatable bonds is 7. The normalized spacial score (nSPS) is 16.5. The summed E-state index contributed by atoms with van der Waals surface area (Å²) in [6.45, 7) is 6.22. The van der Waals surface area contributed by atoms with Crippen LogP contribution in [0, 0.1) is 0 Å². The first-order valence-electron chi connectivity index (χ1n) is 9.97. The maximum absolute atomic E-state index is 10.8. The van der Waals surface area contributed by atoms with Gasteiger partial charge in [-0.05, 0) is 30.7 Å². The Kier molecular flexibility index (Phi) is 6.21. The summed E-state index contributed by atoms with van der Waals surface area (Å²) in [5, 5.41) is 3.45. The number of aromatic nitrogens is 2. The van der Waals surface area contributed by atoms with Gasteiger partial charge in [0.05, 0.1) is 10.6 Å². The van der Waals surface area contributed by atoms with Gasteiger partial charge in [-0.25, -0.2) is 4.98 Å². The maximum Gasteiger partial charge on any atom is 0.446 e. The molecule has 2 aromatic rings. The lowest BCUT2D eigenvalue weighted by atomic mass is 10.2. The Hall–Kier alpha value is -2.24. The highest BCUT2D eigenvalue weighted by atomic mass is 32.3. The van der Waals surface area contributed by atoms with Crippen molar-refractivity contribution >= 4 is 39.6 Å². The van der Waals surface area contributed by atoms with E-state index in [1.54, 1.807) is 12.1 Å². The second kappa shape index (κ2) is 8.86. The highest BCUT2D eigenvalue weighted by molar-refractivity contribution is 7.99. The van der Waals surface area contributed by atoms with E-state index in [1.807, 2.05) is 11.8 Å².